The van der Waals surface area contributed by atoms with Gasteiger partial charge in [-0.2, -0.15) is 0 Å². The lowest BCUT2D eigenvalue weighted by Gasteiger charge is -2.32. The van der Waals surface area contributed by atoms with Crippen LogP contribution in [0.2, 0.25) is 0 Å². The van der Waals surface area contributed by atoms with E-state index in [0.717, 1.165) is 21.2 Å². The largest absolute Gasteiger partial charge is 0.371 e. The summed E-state index contributed by atoms with van der Waals surface area (Å²) in [6.07, 6.45) is -0.0846. The lowest BCUT2D eigenvalue weighted by Crippen LogP contribution is -2.46. The molecule has 2 N–H and O–H groups in total. The SMILES string of the molecule is Cc1ccc(NC(=O)NC(=O)CN2CCOC(c3ccc(Br)cc3)C2)c(C)c1. The maximum absolute atomic E-state index is 12.3. The first kappa shape index (κ1) is 20.5. The summed E-state index contributed by atoms with van der Waals surface area (Å²) < 4.78 is 6.84. The van der Waals surface area contributed by atoms with E-state index in [2.05, 4.69) is 26.6 Å². The lowest BCUT2D eigenvalue weighted by molar-refractivity contribution is -0.123. The monoisotopic (exact) mass is 445 g/mol. The van der Waals surface area contributed by atoms with Gasteiger partial charge in [0.2, 0.25) is 5.91 Å². The summed E-state index contributed by atoms with van der Waals surface area (Å²) in [4.78, 5) is 26.4. The third-order valence-corrected chi connectivity index (χ3v) is 5.17. The number of benzene rings is 2. The lowest BCUT2D eigenvalue weighted by atomic mass is 10.1. The number of rotatable bonds is 4. The Balaban J connectivity index is 1.51. The van der Waals surface area contributed by atoms with Crippen LogP contribution in [0, 0.1) is 13.8 Å². The number of morpholine rings is 1. The standard InChI is InChI=1S/C21H24BrN3O3/c1-14-3-8-18(15(2)11-14)23-21(27)24-20(26)13-25-9-10-28-19(12-25)16-4-6-17(22)7-5-16/h3-8,11,19H,9-10,12-13H2,1-2H3,(H2,23,24,26,27). The highest BCUT2D eigenvalue weighted by Gasteiger charge is 2.24. The number of amides is 3. The number of urea groups is 1. The Kier molecular flexibility index (Phi) is 6.83. The maximum Gasteiger partial charge on any atom is 0.325 e. The molecule has 3 rings (SSSR count). The first-order valence-corrected chi connectivity index (χ1v) is 9.97. The Bertz CT molecular complexity index is 854. The maximum atomic E-state index is 12.3. The second-order valence-corrected chi connectivity index (χ2v) is 7.88. The molecule has 148 valence electrons. The fraction of sp³-hybridized carbons (Fsp3) is 0.333. The molecule has 1 fully saturated rings. The molecule has 0 aromatic heterocycles. The van der Waals surface area contributed by atoms with E-state index in [1.807, 2.05) is 61.2 Å². The van der Waals surface area contributed by atoms with Gasteiger partial charge in [0.25, 0.3) is 0 Å². The van der Waals surface area contributed by atoms with E-state index in [1.165, 1.54) is 0 Å². The number of ether oxygens (including phenoxy) is 1. The number of hydrogen-bond acceptors (Lipinski definition) is 4. The molecule has 1 unspecified atom stereocenters. The first-order valence-electron chi connectivity index (χ1n) is 9.18. The van der Waals surface area contributed by atoms with Gasteiger partial charge < -0.3 is 10.1 Å². The summed E-state index contributed by atoms with van der Waals surface area (Å²) in [6.45, 7) is 5.86. The van der Waals surface area contributed by atoms with Gasteiger partial charge in [0, 0.05) is 23.2 Å². The van der Waals surface area contributed by atoms with Crippen molar-refractivity contribution in [3.8, 4) is 0 Å². The van der Waals surface area contributed by atoms with Crippen LogP contribution in [0.15, 0.2) is 46.9 Å². The summed E-state index contributed by atoms with van der Waals surface area (Å²) in [5, 5.41) is 5.13. The van der Waals surface area contributed by atoms with Gasteiger partial charge in [0.05, 0.1) is 19.3 Å². The number of carbonyl (C=O) groups is 2. The molecule has 0 aliphatic carbocycles. The minimum Gasteiger partial charge on any atom is -0.371 e. The molecule has 1 aliphatic heterocycles. The molecule has 1 atom stereocenters. The number of aryl methyl sites for hydroxylation is 2. The van der Waals surface area contributed by atoms with Crippen LogP contribution in [0.4, 0.5) is 10.5 Å². The van der Waals surface area contributed by atoms with Gasteiger partial charge >= 0.3 is 6.03 Å². The third-order valence-electron chi connectivity index (χ3n) is 4.64. The zero-order valence-corrected chi connectivity index (χ0v) is 17.6. The van der Waals surface area contributed by atoms with E-state index in [0.29, 0.717) is 25.4 Å². The Morgan fingerprint density at radius 1 is 1.18 bits per heavy atom. The number of imide groups is 1. The summed E-state index contributed by atoms with van der Waals surface area (Å²) in [5.74, 6) is -0.335. The molecular weight excluding hydrogens is 422 g/mol. The molecule has 0 saturated carbocycles. The number of carbonyl (C=O) groups excluding carboxylic acids is 2. The zero-order chi connectivity index (χ0) is 20.1. The van der Waals surface area contributed by atoms with Gasteiger partial charge in [0.1, 0.15) is 0 Å². The van der Waals surface area contributed by atoms with Gasteiger partial charge in [-0.05, 0) is 43.2 Å². The molecule has 7 heteroatoms. The molecule has 6 nitrogen and oxygen atoms in total. The van der Waals surface area contributed by atoms with E-state index < -0.39 is 6.03 Å². The summed E-state index contributed by atoms with van der Waals surface area (Å²) in [7, 11) is 0. The minimum atomic E-state index is -0.519. The fourth-order valence-electron chi connectivity index (χ4n) is 3.20. The molecule has 0 radical (unpaired) electrons. The number of hydrogen-bond donors (Lipinski definition) is 2. The van der Waals surface area contributed by atoms with Crippen LogP contribution in [0.25, 0.3) is 0 Å². The predicted octanol–water partition coefficient (Wildman–Crippen LogP) is 3.79. The van der Waals surface area contributed by atoms with Crippen LogP contribution in [-0.4, -0.2) is 43.1 Å². The van der Waals surface area contributed by atoms with Gasteiger partial charge in [0.15, 0.2) is 0 Å². The van der Waals surface area contributed by atoms with E-state index in [4.69, 9.17) is 4.74 Å². The number of anilines is 1. The number of nitrogens with zero attached hydrogens (tertiary/aromatic N) is 1. The fourth-order valence-corrected chi connectivity index (χ4v) is 3.47. The van der Waals surface area contributed by atoms with Crippen molar-refractivity contribution in [2.45, 2.75) is 20.0 Å². The average Bonchev–Trinajstić information content (AvgIpc) is 2.64. The van der Waals surface area contributed by atoms with Crippen molar-refractivity contribution in [2.75, 3.05) is 31.6 Å². The summed E-state index contributed by atoms with van der Waals surface area (Å²) >= 11 is 3.43. The topological polar surface area (TPSA) is 70.7 Å². The van der Waals surface area contributed by atoms with Crippen LogP contribution < -0.4 is 10.6 Å². The highest BCUT2D eigenvalue weighted by molar-refractivity contribution is 9.10. The average molecular weight is 446 g/mol. The van der Waals surface area contributed by atoms with Crippen molar-refractivity contribution < 1.29 is 14.3 Å². The van der Waals surface area contributed by atoms with Crippen molar-refractivity contribution in [2.24, 2.45) is 0 Å². The van der Waals surface area contributed by atoms with Crippen molar-refractivity contribution >= 4 is 33.6 Å². The Morgan fingerprint density at radius 2 is 1.93 bits per heavy atom. The number of nitrogens with one attached hydrogen (secondary N) is 2. The van der Waals surface area contributed by atoms with Crippen LogP contribution in [0.5, 0.6) is 0 Å². The Morgan fingerprint density at radius 3 is 2.64 bits per heavy atom. The quantitative estimate of drug-likeness (QED) is 0.750. The van der Waals surface area contributed by atoms with Crippen molar-refractivity contribution in [1.82, 2.24) is 10.2 Å². The van der Waals surface area contributed by atoms with Crippen molar-refractivity contribution in [3.63, 3.8) is 0 Å². The Labute approximate surface area is 173 Å². The van der Waals surface area contributed by atoms with E-state index in [1.54, 1.807) is 0 Å². The molecule has 28 heavy (non-hydrogen) atoms. The van der Waals surface area contributed by atoms with Crippen LogP contribution in [-0.2, 0) is 9.53 Å². The molecule has 2 aromatic rings. The molecule has 0 bridgehead atoms. The predicted molar refractivity (Wildman–Crippen MR) is 112 cm³/mol. The van der Waals surface area contributed by atoms with Crippen LogP contribution in [0.3, 0.4) is 0 Å². The van der Waals surface area contributed by atoms with Crippen molar-refractivity contribution in [3.05, 3.63) is 63.6 Å². The molecule has 3 amide bonds. The highest BCUT2D eigenvalue weighted by Crippen LogP contribution is 2.23. The molecule has 1 saturated heterocycles. The van der Waals surface area contributed by atoms with E-state index >= 15 is 0 Å². The molecule has 0 spiro atoms. The van der Waals surface area contributed by atoms with Crippen molar-refractivity contribution in [1.29, 1.82) is 0 Å². The van der Waals surface area contributed by atoms with Crippen LogP contribution >= 0.6 is 15.9 Å². The second-order valence-electron chi connectivity index (χ2n) is 6.97. The van der Waals surface area contributed by atoms with Gasteiger partial charge in [-0.15, -0.1) is 0 Å². The smallest absolute Gasteiger partial charge is 0.325 e. The molecule has 1 aliphatic rings. The highest BCUT2D eigenvalue weighted by atomic mass is 79.9. The second kappa shape index (κ2) is 9.32. The summed E-state index contributed by atoms with van der Waals surface area (Å²) in [5.41, 5.74) is 3.83. The third kappa shape index (κ3) is 5.64. The van der Waals surface area contributed by atoms with Gasteiger partial charge in [-0.3, -0.25) is 15.0 Å². The molecule has 2 aromatic carbocycles. The van der Waals surface area contributed by atoms with E-state index in [9.17, 15) is 9.59 Å². The van der Waals surface area contributed by atoms with Gasteiger partial charge in [-0.25, -0.2) is 4.79 Å². The molecular formula is C21H24BrN3O3. The summed E-state index contributed by atoms with van der Waals surface area (Å²) in [6, 6.07) is 13.2. The number of halogens is 1. The minimum absolute atomic E-state index is 0.0846. The first-order chi connectivity index (χ1) is 13.4. The zero-order valence-electron chi connectivity index (χ0n) is 16.0. The Hall–Kier alpha value is -2.22. The van der Waals surface area contributed by atoms with Gasteiger partial charge in [-0.1, -0.05) is 45.8 Å². The van der Waals surface area contributed by atoms with Crippen LogP contribution in [0.1, 0.15) is 22.8 Å². The molecule has 1 heterocycles. The van der Waals surface area contributed by atoms with E-state index in [-0.39, 0.29) is 18.6 Å². The normalized spacial score (nSPS) is 17.2.